The highest BCUT2D eigenvalue weighted by molar-refractivity contribution is 6.00. The Bertz CT molecular complexity index is 1570. The van der Waals surface area contributed by atoms with E-state index in [0.29, 0.717) is 35.3 Å². The standard InChI is InChI=1S/C29H29F3N6O3/c1-18-25(20-8-10-22(41-2)11-9-20)35-27-23(15-34-38(27)26(18)29(30,31)32)28(40)37-13-12-36(17-24(33)39)16-21(37)14-19-6-4-3-5-7-19/h3-11,15,21H,12-14,16-17H2,1-2H3,(H2,33,39)/t21-/m1/s1. The lowest BCUT2D eigenvalue weighted by Gasteiger charge is -2.41. The Kier molecular flexibility index (Phi) is 7.68. The molecule has 9 nitrogen and oxygen atoms in total. The van der Waals surface area contributed by atoms with Crippen molar-refractivity contribution < 1.29 is 27.5 Å². The molecule has 2 N–H and O–H groups in total. The molecule has 1 aliphatic rings. The minimum absolute atomic E-state index is 0.0355. The molecule has 0 unspecified atom stereocenters. The van der Waals surface area contributed by atoms with Gasteiger partial charge < -0.3 is 15.4 Å². The number of fused-ring (bicyclic) bond motifs is 1. The average molecular weight is 567 g/mol. The zero-order valence-electron chi connectivity index (χ0n) is 22.6. The van der Waals surface area contributed by atoms with Gasteiger partial charge in [0.2, 0.25) is 5.91 Å². The van der Waals surface area contributed by atoms with Crippen LogP contribution in [0.3, 0.4) is 0 Å². The number of primary amides is 1. The third kappa shape index (κ3) is 5.73. The molecule has 0 saturated carbocycles. The van der Waals surface area contributed by atoms with Crippen molar-refractivity contribution in [2.45, 2.75) is 25.6 Å². The maximum atomic E-state index is 14.4. The highest BCUT2D eigenvalue weighted by Gasteiger charge is 2.40. The van der Waals surface area contributed by atoms with Crippen molar-refractivity contribution in [1.82, 2.24) is 24.4 Å². The maximum absolute atomic E-state index is 14.4. The zero-order chi connectivity index (χ0) is 29.3. The van der Waals surface area contributed by atoms with Crippen LogP contribution in [0.1, 0.15) is 27.2 Å². The maximum Gasteiger partial charge on any atom is 0.433 e. The van der Waals surface area contributed by atoms with E-state index in [1.165, 1.54) is 14.0 Å². The van der Waals surface area contributed by atoms with Gasteiger partial charge in [0.25, 0.3) is 5.91 Å². The van der Waals surface area contributed by atoms with Gasteiger partial charge in [-0.2, -0.15) is 18.3 Å². The molecule has 0 aliphatic carbocycles. The monoisotopic (exact) mass is 566 g/mol. The van der Waals surface area contributed by atoms with Gasteiger partial charge in [-0.05, 0) is 43.2 Å². The van der Waals surface area contributed by atoms with E-state index in [1.807, 2.05) is 35.2 Å². The Labute approximate surface area is 234 Å². The lowest BCUT2D eigenvalue weighted by molar-refractivity contribution is -0.143. The number of piperazine rings is 1. The number of ether oxygens (including phenoxy) is 1. The predicted molar refractivity (Wildman–Crippen MR) is 145 cm³/mol. The van der Waals surface area contributed by atoms with Gasteiger partial charge in [0.05, 0.1) is 25.5 Å². The summed E-state index contributed by atoms with van der Waals surface area (Å²) < 4.78 is 49.0. The number of carbonyl (C=O) groups excluding carboxylic acids is 2. The van der Waals surface area contributed by atoms with Crippen LogP contribution >= 0.6 is 0 Å². The number of nitrogens with zero attached hydrogens (tertiary/aromatic N) is 5. The van der Waals surface area contributed by atoms with Crippen molar-refractivity contribution in [3.63, 3.8) is 0 Å². The number of methoxy groups -OCH3 is 1. The van der Waals surface area contributed by atoms with Gasteiger partial charge in [0, 0.05) is 36.8 Å². The van der Waals surface area contributed by atoms with E-state index in [0.717, 1.165) is 11.8 Å². The molecular weight excluding hydrogens is 537 g/mol. The second-order valence-corrected chi connectivity index (χ2v) is 10.00. The molecule has 41 heavy (non-hydrogen) atoms. The van der Waals surface area contributed by atoms with Crippen LogP contribution in [0.25, 0.3) is 16.9 Å². The Morgan fingerprint density at radius 1 is 1.07 bits per heavy atom. The second kappa shape index (κ2) is 11.2. The summed E-state index contributed by atoms with van der Waals surface area (Å²) in [5.41, 5.74) is 5.60. The first-order chi connectivity index (χ1) is 19.6. The summed E-state index contributed by atoms with van der Waals surface area (Å²) >= 11 is 0. The van der Waals surface area contributed by atoms with Crippen LogP contribution in [0.2, 0.25) is 0 Å². The summed E-state index contributed by atoms with van der Waals surface area (Å²) in [6.07, 6.45) is -3.12. The normalized spacial score (nSPS) is 16.2. The van der Waals surface area contributed by atoms with Crippen molar-refractivity contribution in [2.24, 2.45) is 5.73 Å². The van der Waals surface area contributed by atoms with Crippen LogP contribution in [0.15, 0.2) is 60.8 Å². The van der Waals surface area contributed by atoms with E-state index in [9.17, 15) is 22.8 Å². The van der Waals surface area contributed by atoms with Gasteiger partial charge in [0.1, 0.15) is 11.3 Å². The summed E-state index contributed by atoms with van der Waals surface area (Å²) in [7, 11) is 1.50. The van der Waals surface area contributed by atoms with E-state index in [4.69, 9.17) is 10.5 Å². The molecule has 1 aliphatic heterocycles. The lowest BCUT2D eigenvalue weighted by Crippen LogP contribution is -2.57. The van der Waals surface area contributed by atoms with Crippen molar-refractivity contribution in [3.05, 3.63) is 83.2 Å². The van der Waals surface area contributed by atoms with Crippen molar-refractivity contribution >= 4 is 17.5 Å². The highest BCUT2D eigenvalue weighted by Crippen LogP contribution is 2.37. The molecule has 12 heteroatoms. The Balaban J connectivity index is 1.58. The van der Waals surface area contributed by atoms with Gasteiger partial charge in [-0.25, -0.2) is 9.50 Å². The SMILES string of the molecule is COc1ccc(-c2nc3c(C(=O)N4CCN(CC(N)=O)C[C@H]4Cc4ccccc4)cnn3c(C(F)(F)F)c2C)cc1. The first-order valence-electron chi connectivity index (χ1n) is 13.0. The third-order valence-corrected chi connectivity index (χ3v) is 7.27. The zero-order valence-corrected chi connectivity index (χ0v) is 22.6. The Hall–Kier alpha value is -4.45. The molecule has 2 aromatic carbocycles. The average Bonchev–Trinajstić information content (AvgIpc) is 3.35. The number of hydrogen-bond donors (Lipinski definition) is 1. The topological polar surface area (TPSA) is 106 Å². The quantitative estimate of drug-likeness (QED) is 0.367. The molecule has 0 spiro atoms. The van der Waals surface area contributed by atoms with Gasteiger partial charge in [-0.3, -0.25) is 14.5 Å². The summed E-state index contributed by atoms with van der Waals surface area (Å²) in [6, 6.07) is 15.7. The number of rotatable bonds is 7. The van der Waals surface area contributed by atoms with E-state index >= 15 is 0 Å². The number of halogens is 3. The molecule has 0 bridgehead atoms. The summed E-state index contributed by atoms with van der Waals surface area (Å²) in [4.78, 5) is 33.7. The number of aromatic nitrogens is 3. The lowest BCUT2D eigenvalue weighted by atomic mass is 10.0. The molecular formula is C29H29F3N6O3. The van der Waals surface area contributed by atoms with Crippen LogP contribution in [0.5, 0.6) is 5.75 Å². The minimum atomic E-state index is -4.75. The first-order valence-corrected chi connectivity index (χ1v) is 13.0. The number of benzene rings is 2. The summed E-state index contributed by atoms with van der Waals surface area (Å²) in [6.45, 7) is 2.40. The molecule has 3 heterocycles. The van der Waals surface area contributed by atoms with Gasteiger partial charge >= 0.3 is 6.18 Å². The predicted octanol–water partition coefficient (Wildman–Crippen LogP) is 3.59. The van der Waals surface area contributed by atoms with Gasteiger partial charge in [0.15, 0.2) is 11.3 Å². The third-order valence-electron chi connectivity index (χ3n) is 7.27. The highest BCUT2D eigenvalue weighted by atomic mass is 19.4. The number of alkyl halides is 3. The van der Waals surface area contributed by atoms with Crippen molar-refractivity contribution in [2.75, 3.05) is 33.3 Å². The second-order valence-electron chi connectivity index (χ2n) is 10.00. The van der Waals surface area contributed by atoms with Crippen molar-refractivity contribution in [3.8, 4) is 17.0 Å². The van der Waals surface area contributed by atoms with Crippen LogP contribution in [-0.4, -0.2) is 75.5 Å². The summed E-state index contributed by atoms with van der Waals surface area (Å²) in [5.74, 6) is -0.412. The molecule has 0 radical (unpaired) electrons. The number of nitrogens with two attached hydrogens (primary N) is 1. The van der Waals surface area contributed by atoms with E-state index in [-0.39, 0.29) is 41.6 Å². The van der Waals surface area contributed by atoms with Crippen LogP contribution in [-0.2, 0) is 17.4 Å². The number of amides is 2. The van der Waals surface area contributed by atoms with Crippen LogP contribution < -0.4 is 10.5 Å². The largest absolute Gasteiger partial charge is 0.497 e. The first kappa shape index (κ1) is 28.1. The van der Waals surface area contributed by atoms with E-state index < -0.39 is 23.7 Å². The van der Waals surface area contributed by atoms with Gasteiger partial charge in [-0.1, -0.05) is 30.3 Å². The molecule has 4 aromatic rings. The smallest absolute Gasteiger partial charge is 0.433 e. The molecule has 1 saturated heterocycles. The van der Waals surface area contributed by atoms with E-state index in [2.05, 4.69) is 10.1 Å². The molecule has 2 amide bonds. The Morgan fingerprint density at radius 2 is 1.78 bits per heavy atom. The number of hydrogen-bond acceptors (Lipinski definition) is 6. The molecule has 1 fully saturated rings. The minimum Gasteiger partial charge on any atom is -0.497 e. The van der Waals surface area contributed by atoms with Crippen molar-refractivity contribution in [1.29, 1.82) is 0 Å². The van der Waals surface area contributed by atoms with E-state index in [1.54, 1.807) is 29.2 Å². The van der Waals surface area contributed by atoms with Crippen LogP contribution in [0, 0.1) is 6.92 Å². The number of carbonyl (C=O) groups is 2. The Morgan fingerprint density at radius 3 is 2.41 bits per heavy atom. The molecule has 5 rings (SSSR count). The fourth-order valence-corrected chi connectivity index (χ4v) is 5.35. The molecule has 2 aromatic heterocycles. The van der Waals surface area contributed by atoms with Crippen LogP contribution in [0.4, 0.5) is 13.2 Å². The molecule has 1 atom stereocenters. The fraction of sp³-hybridized carbons (Fsp3) is 0.310. The molecule has 214 valence electrons. The van der Waals surface area contributed by atoms with Gasteiger partial charge in [-0.15, -0.1) is 0 Å². The fourth-order valence-electron chi connectivity index (χ4n) is 5.35. The summed E-state index contributed by atoms with van der Waals surface area (Å²) in [5, 5.41) is 3.98.